The number of nitrogens with one attached hydrogen (secondary N) is 1. The number of benzene rings is 1. The number of hydrogen-bond donors (Lipinski definition) is 2. The van der Waals surface area contributed by atoms with Gasteiger partial charge < -0.3 is 15.2 Å². The molecule has 0 saturated heterocycles. The molecule has 0 radical (unpaired) electrons. The molecule has 5 heteroatoms. The zero-order valence-corrected chi connectivity index (χ0v) is 11.6. The van der Waals surface area contributed by atoms with Crippen molar-refractivity contribution in [2.24, 2.45) is 17.8 Å². The largest absolute Gasteiger partial charge is 0.497 e. The van der Waals surface area contributed by atoms with Gasteiger partial charge in [-0.25, -0.2) is 0 Å². The smallest absolute Gasteiger partial charge is 0.307 e. The van der Waals surface area contributed by atoms with Crippen molar-refractivity contribution >= 4 is 17.6 Å². The van der Waals surface area contributed by atoms with Gasteiger partial charge in [-0.15, -0.1) is 0 Å². The number of aliphatic carboxylic acids is 1. The van der Waals surface area contributed by atoms with Crippen LogP contribution in [0.1, 0.15) is 19.8 Å². The van der Waals surface area contributed by atoms with Gasteiger partial charge in [0, 0.05) is 5.69 Å². The second-order valence-corrected chi connectivity index (χ2v) is 5.35. The molecule has 1 saturated carbocycles. The average molecular weight is 277 g/mol. The normalized spacial score (nSPS) is 25.2. The van der Waals surface area contributed by atoms with Gasteiger partial charge in [0.1, 0.15) is 5.75 Å². The molecule has 1 amide bonds. The molecule has 2 rings (SSSR count). The molecule has 0 aliphatic heterocycles. The first-order valence-electron chi connectivity index (χ1n) is 6.69. The Kier molecular flexibility index (Phi) is 4.27. The lowest BCUT2D eigenvalue weighted by atomic mass is 9.95. The summed E-state index contributed by atoms with van der Waals surface area (Å²) in [5.74, 6) is -1.16. The fraction of sp³-hybridized carbons (Fsp3) is 0.467. The highest BCUT2D eigenvalue weighted by Gasteiger charge is 2.41. The highest BCUT2D eigenvalue weighted by molar-refractivity contribution is 5.95. The molecule has 1 aliphatic carbocycles. The average Bonchev–Trinajstić information content (AvgIpc) is 2.82. The number of methoxy groups -OCH3 is 1. The van der Waals surface area contributed by atoms with Gasteiger partial charge in [0.2, 0.25) is 5.91 Å². The summed E-state index contributed by atoms with van der Waals surface area (Å²) in [6.07, 6.45) is 1.19. The Balaban J connectivity index is 2.04. The van der Waals surface area contributed by atoms with Crippen molar-refractivity contribution in [2.75, 3.05) is 12.4 Å². The summed E-state index contributed by atoms with van der Waals surface area (Å²) in [5, 5.41) is 12.0. The first-order chi connectivity index (χ1) is 9.51. The van der Waals surface area contributed by atoms with Crippen LogP contribution in [-0.4, -0.2) is 24.1 Å². The Morgan fingerprint density at radius 2 is 1.80 bits per heavy atom. The van der Waals surface area contributed by atoms with Crippen LogP contribution in [0.4, 0.5) is 5.69 Å². The Morgan fingerprint density at radius 1 is 1.20 bits per heavy atom. The molecule has 1 aromatic carbocycles. The lowest BCUT2D eigenvalue weighted by Crippen LogP contribution is -2.29. The van der Waals surface area contributed by atoms with E-state index >= 15 is 0 Å². The maximum absolute atomic E-state index is 12.2. The minimum Gasteiger partial charge on any atom is -0.497 e. The summed E-state index contributed by atoms with van der Waals surface area (Å²) in [6.45, 7) is 1.98. The number of amides is 1. The number of carboxylic acid groups (broad SMARTS) is 1. The van der Waals surface area contributed by atoms with Crippen LogP contribution in [0.15, 0.2) is 24.3 Å². The summed E-state index contributed by atoms with van der Waals surface area (Å²) in [5.41, 5.74) is 0.652. The number of anilines is 1. The highest BCUT2D eigenvalue weighted by Crippen LogP contribution is 2.37. The van der Waals surface area contributed by atoms with Crippen LogP contribution in [0.5, 0.6) is 5.75 Å². The monoisotopic (exact) mass is 277 g/mol. The van der Waals surface area contributed by atoms with Gasteiger partial charge in [0.15, 0.2) is 0 Å². The molecule has 0 spiro atoms. The third-order valence-corrected chi connectivity index (χ3v) is 3.81. The molecule has 5 nitrogen and oxygen atoms in total. The van der Waals surface area contributed by atoms with Crippen molar-refractivity contribution in [1.29, 1.82) is 0 Å². The SMILES string of the molecule is COc1ccc(NC(=O)C2CC(C)CC2C(=O)O)cc1. The highest BCUT2D eigenvalue weighted by atomic mass is 16.5. The van der Waals surface area contributed by atoms with Gasteiger partial charge in [0.25, 0.3) is 0 Å². The van der Waals surface area contributed by atoms with E-state index in [1.54, 1.807) is 31.4 Å². The summed E-state index contributed by atoms with van der Waals surface area (Å²) in [7, 11) is 1.57. The third-order valence-electron chi connectivity index (χ3n) is 3.81. The van der Waals surface area contributed by atoms with Gasteiger partial charge in [-0.2, -0.15) is 0 Å². The predicted molar refractivity (Wildman–Crippen MR) is 74.6 cm³/mol. The summed E-state index contributed by atoms with van der Waals surface area (Å²) < 4.78 is 5.05. The van der Waals surface area contributed by atoms with Crippen molar-refractivity contribution in [3.8, 4) is 5.75 Å². The zero-order valence-electron chi connectivity index (χ0n) is 11.6. The minimum absolute atomic E-state index is 0.216. The van der Waals surface area contributed by atoms with E-state index in [9.17, 15) is 14.7 Å². The second kappa shape index (κ2) is 5.94. The summed E-state index contributed by atoms with van der Waals surface area (Å²) >= 11 is 0. The molecule has 3 atom stereocenters. The van der Waals surface area contributed by atoms with Crippen LogP contribution in [0, 0.1) is 17.8 Å². The number of carbonyl (C=O) groups is 2. The number of hydrogen-bond acceptors (Lipinski definition) is 3. The predicted octanol–water partition coefficient (Wildman–Crippen LogP) is 2.38. The topological polar surface area (TPSA) is 75.6 Å². The fourth-order valence-corrected chi connectivity index (χ4v) is 2.76. The fourth-order valence-electron chi connectivity index (χ4n) is 2.76. The molecule has 1 fully saturated rings. The molecule has 108 valence electrons. The molecule has 3 unspecified atom stereocenters. The van der Waals surface area contributed by atoms with Crippen molar-refractivity contribution in [1.82, 2.24) is 0 Å². The van der Waals surface area contributed by atoms with Crippen LogP contribution in [0.3, 0.4) is 0 Å². The molecule has 2 N–H and O–H groups in total. The van der Waals surface area contributed by atoms with Gasteiger partial charge in [-0.3, -0.25) is 9.59 Å². The van der Waals surface area contributed by atoms with E-state index in [1.807, 2.05) is 6.92 Å². The number of ether oxygens (including phenoxy) is 1. The Morgan fingerprint density at radius 3 is 2.35 bits per heavy atom. The van der Waals surface area contributed by atoms with E-state index in [4.69, 9.17) is 4.74 Å². The second-order valence-electron chi connectivity index (χ2n) is 5.35. The Labute approximate surface area is 117 Å². The summed E-state index contributed by atoms with van der Waals surface area (Å²) in [6, 6.07) is 6.99. The maximum Gasteiger partial charge on any atom is 0.307 e. The van der Waals surface area contributed by atoms with Crippen LogP contribution in [-0.2, 0) is 9.59 Å². The van der Waals surface area contributed by atoms with E-state index in [0.29, 0.717) is 24.3 Å². The van der Waals surface area contributed by atoms with E-state index in [-0.39, 0.29) is 11.8 Å². The van der Waals surface area contributed by atoms with Gasteiger partial charge in [0.05, 0.1) is 18.9 Å². The zero-order chi connectivity index (χ0) is 14.7. The number of carbonyl (C=O) groups excluding carboxylic acids is 1. The van der Waals surface area contributed by atoms with Crippen LogP contribution in [0.2, 0.25) is 0 Å². The van der Waals surface area contributed by atoms with E-state index in [0.717, 1.165) is 0 Å². The molecular formula is C15H19NO4. The van der Waals surface area contributed by atoms with E-state index < -0.39 is 17.8 Å². The summed E-state index contributed by atoms with van der Waals surface area (Å²) in [4.78, 5) is 23.4. The Bertz CT molecular complexity index is 497. The standard InChI is InChI=1S/C15H19NO4/c1-9-7-12(13(8-9)15(18)19)14(17)16-10-3-5-11(20-2)6-4-10/h3-6,9,12-13H,7-8H2,1-2H3,(H,16,17)(H,18,19). The minimum atomic E-state index is -0.885. The molecule has 20 heavy (non-hydrogen) atoms. The van der Waals surface area contributed by atoms with Crippen molar-refractivity contribution in [3.05, 3.63) is 24.3 Å². The van der Waals surface area contributed by atoms with Crippen molar-refractivity contribution < 1.29 is 19.4 Å². The van der Waals surface area contributed by atoms with Crippen LogP contribution < -0.4 is 10.1 Å². The van der Waals surface area contributed by atoms with Crippen molar-refractivity contribution in [3.63, 3.8) is 0 Å². The third kappa shape index (κ3) is 3.10. The van der Waals surface area contributed by atoms with Gasteiger partial charge in [-0.1, -0.05) is 6.92 Å². The molecule has 1 aliphatic rings. The first kappa shape index (κ1) is 14.4. The van der Waals surface area contributed by atoms with Gasteiger partial charge >= 0.3 is 5.97 Å². The van der Waals surface area contributed by atoms with Crippen LogP contribution in [0.25, 0.3) is 0 Å². The van der Waals surface area contributed by atoms with Gasteiger partial charge in [-0.05, 0) is 43.0 Å². The number of rotatable bonds is 4. The van der Waals surface area contributed by atoms with E-state index in [1.165, 1.54) is 0 Å². The van der Waals surface area contributed by atoms with Crippen LogP contribution >= 0.6 is 0 Å². The van der Waals surface area contributed by atoms with Crippen molar-refractivity contribution in [2.45, 2.75) is 19.8 Å². The van der Waals surface area contributed by atoms with E-state index in [2.05, 4.69) is 5.32 Å². The first-order valence-corrected chi connectivity index (χ1v) is 6.69. The molecule has 0 heterocycles. The molecule has 1 aromatic rings. The lowest BCUT2D eigenvalue weighted by Gasteiger charge is -2.15. The molecule has 0 aromatic heterocycles. The quantitative estimate of drug-likeness (QED) is 0.886. The molecular weight excluding hydrogens is 258 g/mol. The maximum atomic E-state index is 12.2. The Hall–Kier alpha value is -2.04. The molecule has 0 bridgehead atoms. The lowest BCUT2D eigenvalue weighted by molar-refractivity contribution is -0.145. The number of carboxylic acids is 1.